The van der Waals surface area contributed by atoms with Crippen LogP contribution in [0.4, 0.5) is 5.69 Å². The molecule has 2 rings (SSSR count). The zero-order chi connectivity index (χ0) is 22.3. The van der Waals surface area contributed by atoms with Crippen molar-refractivity contribution < 1.29 is 14.4 Å². The van der Waals surface area contributed by atoms with Gasteiger partial charge in [-0.15, -0.1) is 0 Å². The normalized spacial score (nSPS) is 11.1. The van der Waals surface area contributed by atoms with E-state index in [-0.39, 0.29) is 35.2 Å². The van der Waals surface area contributed by atoms with Crippen LogP contribution in [0.2, 0.25) is 10.0 Å². The summed E-state index contributed by atoms with van der Waals surface area (Å²) in [6.45, 7) is 5.01. The van der Waals surface area contributed by atoms with Gasteiger partial charge in [0, 0.05) is 23.7 Å². The fourth-order valence-electron chi connectivity index (χ4n) is 3.37. The first kappa shape index (κ1) is 23.9. The second-order valence-corrected chi connectivity index (χ2v) is 7.70. The van der Waals surface area contributed by atoms with E-state index in [1.54, 1.807) is 42.5 Å². The number of nitrogens with one attached hydrogen (secondary N) is 2. The number of benzene rings is 2. The van der Waals surface area contributed by atoms with E-state index in [9.17, 15) is 14.4 Å². The Labute approximate surface area is 186 Å². The highest BCUT2D eigenvalue weighted by atomic mass is 35.5. The highest BCUT2D eigenvalue weighted by Gasteiger charge is 2.34. The van der Waals surface area contributed by atoms with Gasteiger partial charge in [-0.3, -0.25) is 18.9 Å². The second kappa shape index (κ2) is 10.6. The Balaban J connectivity index is 2.48. The Morgan fingerprint density at radius 3 is 2.20 bits per heavy atom. The number of carbonyl (C=O) groups excluding carboxylic acids is 3. The Morgan fingerprint density at radius 1 is 0.933 bits per heavy atom. The molecule has 0 fully saturated rings. The average molecular weight is 451 g/mol. The topological polar surface area (TPSA) is 75.3 Å². The molecule has 0 saturated carbocycles. The molecule has 0 radical (unpaired) electrons. The van der Waals surface area contributed by atoms with Gasteiger partial charge in [0.2, 0.25) is 11.7 Å². The quantitative estimate of drug-likeness (QED) is 0.453. The van der Waals surface area contributed by atoms with E-state index in [0.717, 1.165) is 0 Å². The van der Waals surface area contributed by atoms with Crippen molar-refractivity contribution in [3.8, 4) is 0 Å². The number of quaternary nitrogens is 1. The summed E-state index contributed by atoms with van der Waals surface area (Å²) in [5.74, 6) is -0.822. The van der Waals surface area contributed by atoms with Crippen LogP contribution < -0.4 is 15.1 Å². The van der Waals surface area contributed by atoms with Crippen LogP contribution in [0.3, 0.4) is 0 Å². The smallest absolute Gasteiger partial charge is 0.276 e. The van der Waals surface area contributed by atoms with Gasteiger partial charge < -0.3 is 10.6 Å². The van der Waals surface area contributed by atoms with Crippen LogP contribution in [-0.4, -0.2) is 50.8 Å². The van der Waals surface area contributed by atoms with Gasteiger partial charge in [0.05, 0.1) is 30.2 Å². The molecule has 30 heavy (non-hydrogen) atoms. The molecular weight excluding hydrogens is 425 g/mol. The molecule has 0 spiro atoms. The molecule has 0 aliphatic rings. The predicted octanol–water partition coefficient (Wildman–Crippen LogP) is 3.43. The fourth-order valence-corrected chi connectivity index (χ4v) is 3.76. The lowest BCUT2D eigenvalue weighted by Crippen LogP contribution is -2.55. The van der Waals surface area contributed by atoms with Crippen molar-refractivity contribution in [3.63, 3.8) is 0 Å². The molecule has 0 saturated heterocycles. The Hall–Kier alpha value is -2.41. The third kappa shape index (κ3) is 5.39. The lowest BCUT2D eigenvalue weighted by Gasteiger charge is -2.36. The van der Waals surface area contributed by atoms with Gasteiger partial charge in [-0.25, -0.2) is 0 Å². The first-order chi connectivity index (χ1) is 14.3. The largest absolute Gasteiger partial charge is 0.358 e. The monoisotopic (exact) mass is 450 g/mol. The number of hydrogen-bond acceptors (Lipinski definition) is 3. The zero-order valence-electron chi connectivity index (χ0n) is 17.3. The summed E-state index contributed by atoms with van der Waals surface area (Å²) in [6, 6.07) is 11.9. The van der Waals surface area contributed by atoms with Gasteiger partial charge in [0.1, 0.15) is 5.69 Å². The summed E-state index contributed by atoms with van der Waals surface area (Å²) in [4.78, 5) is 37.4. The van der Waals surface area contributed by atoms with Crippen molar-refractivity contribution >= 4 is 46.5 Å². The maximum absolute atomic E-state index is 13.4. The van der Waals surface area contributed by atoms with Crippen LogP contribution in [0.1, 0.15) is 29.8 Å². The van der Waals surface area contributed by atoms with Crippen LogP contribution in [0.25, 0.3) is 0 Å². The van der Waals surface area contributed by atoms with Crippen LogP contribution in [-0.2, 0) is 9.59 Å². The molecule has 2 amide bonds. The number of rotatable bonds is 9. The Morgan fingerprint density at radius 2 is 1.60 bits per heavy atom. The number of likely N-dealkylation sites (N-methyl/N-ethyl adjacent to an activating group) is 2. The minimum atomic E-state index is -0.284. The molecule has 0 unspecified atom stereocenters. The molecule has 2 aromatic carbocycles. The number of carbonyl (C=O) groups is 3. The van der Waals surface area contributed by atoms with Crippen molar-refractivity contribution in [2.75, 3.05) is 33.2 Å². The van der Waals surface area contributed by atoms with Crippen molar-refractivity contribution in [1.29, 1.82) is 0 Å². The minimum absolute atomic E-state index is 0.0778. The van der Waals surface area contributed by atoms with E-state index in [2.05, 4.69) is 10.6 Å². The molecule has 0 aliphatic heterocycles. The van der Waals surface area contributed by atoms with Gasteiger partial charge in [-0.1, -0.05) is 35.3 Å². The molecule has 0 heterocycles. The highest BCUT2D eigenvalue weighted by molar-refractivity contribution is 6.35. The standard InChI is InChI=1S/C22H25Cl2N3O3/c1-4-27(5-2,14-21(29)26-13-20(28)25-3)19-11-10-15(23)12-17(19)22(30)16-8-6-7-9-18(16)24/h6-12H,4-5,13-14H2,1-3H3,(H-,25,26,28,29)/p+1. The average Bonchev–Trinajstić information content (AvgIpc) is 2.75. The number of nitrogens with zero attached hydrogens (tertiary/aromatic N) is 1. The summed E-state index contributed by atoms with van der Waals surface area (Å²) in [5.41, 5.74) is 1.46. The summed E-state index contributed by atoms with van der Waals surface area (Å²) in [6.07, 6.45) is 0. The first-order valence-electron chi connectivity index (χ1n) is 9.70. The predicted molar refractivity (Wildman–Crippen MR) is 121 cm³/mol. The number of hydrogen-bond donors (Lipinski definition) is 2. The van der Waals surface area contributed by atoms with Gasteiger partial charge >= 0.3 is 0 Å². The number of ketones is 1. The van der Waals surface area contributed by atoms with Crippen molar-refractivity contribution in [2.45, 2.75) is 13.8 Å². The summed E-state index contributed by atoms with van der Waals surface area (Å²) < 4.78 is 0.224. The molecule has 2 N–H and O–H groups in total. The third-order valence-electron chi connectivity index (χ3n) is 5.21. The maximum Gasteiger partial charge on any atom is 0.276 e. The van der Waals surface area contributed by atoms with Crippen molar-refractivity contribution in [3.05, 3.63) is 63.6 Å². The van der Waals surface area contributed by atoms with Gasteiger partial charge in [-0.05, 0) is 38.1 Å². The van der Waals surface area contributed by atoms with E-state index in [1.807, 2.05) is 13.8 Å². The van der Waals surface area contributed by atoms with Crippen molar-refractivity contribution in [2.24, 2.45) is 0 Å². The first-order valence-corrected chi connectivity index (χ1v) is 10.5. The summed E-state index contributed by atoms with van der Waals surface area (Å²) in [5, 5.41) is 5.86. The number of amides is 2. The zero-order valence-corrected chi connectivity index (χ0v) is 18.8. The second-order valence-electron chi connectivity index (χ2n) is 6.86. The SMILES string of the molecule is CC[N+](CC)(CC(=O)NCC(=O)NC)c1ccc(Cl)cc1C(=O)c1ccccc1Cl. The molecule has 0 aliphatic carbocycles. The van der Waals surface area contributed by atoms with E-state index >= 15 is 0 Å². The molecule has 0 aromatic heterocycles. The van der Waals surface area contributed by atoms with E-state index < -0.39 is 0 Å². The minimum Gasteiger partial charge on any atom is -0.358 e. The number of halogens is 2. The van der Waals surface area contributed by atoms with Gasteiger partial charge in [0.15, 0.2) is 6.54 Å². The Kier molecular flexibility index (Phi) is 8.41. The maximum atomic E-state index is 13.4. The molecule has 0 bridgehead atoms. The van der Waals surface area contributed by atoms with Gasteiger partial charge in [0.25, 0.3) is 5.91 Å². The Bertz CT molecular complexity index is 943. The van der Waals surface area contributed by atoms with Gasteiger partial charge in [-0.2, -0.15) is 0 Å². The summed E-state index contributed by atoms with van der Waals surface area (Å²) in [7, 11) is 1.51. The molecule has 2 aromatic rings. The van der Waals surface area contributed by atoms with Crippen LogP contribution in [0.5, 0.6) is 0 Å². The molecule has 0 atom stereocenters. The van der Waals surface area contributed by atoms with Crippen LogP contribution >= 0.6 is 23.2 Å². The molecule has 8 heteroatoms. The van der Waals surface area contributed by atoms with Crippen LogP contribution in [0.15, 0.2) is 42.5 Å². The van der Waals surface area contributed by atoms with E-state index in [0.29, 0.717) is 39.9 Å². The van der Waals surface area contributed by atoms with E-state index in [4.69, 9.17) is 23.2 Å². The third-order valence-corrected chi connectivity index (χ3v) is 5.78. The molecule has 160 valence electrons. The fraction of sp³-hybridized carbons (Fsp3) is 0.318. The summed E-state index contributed by atoms with van der Waals surface area (Å²) >= 11 is 12.5. The highest BCUT2D eigenvalue weighted by Crippen LogP contribution is 2.33. The van der Waals surface area contributed by atoms with Crippen LogP contribution in [0, 0.1) is 0 Å². The lowest BCUT2D eigenvalue weighted by atomic mass is 9.99. The molecule has 6 nitrogen and oxygen atoms in total. The van der Waals surface area contributed by atoms with E-state index in [1.165, 1.54) is 7.05 Å². The lowest BCUT2D eigenvalue weighted by molar-refractivity contribution is -0.126. The molecular formula is C22H26Cl2N3O3+. The van der Waals surface area contributed by atoms with Crippen molar-refractivity contribution in [1.82, 2.24) is 15.1 Å².